The van der Waals surface area contributed by atoms with Crippen LogP contribution in [0.25, 0.3) is 6.08 Å². The Morgan fingerprint density at radius 3 is 3.10 bits per heavy atom. The van der Waals surface area contributed by atoms with E-state index in [1.807, 2.05) is 6.07 Å². The average molecular weight is 351 g/mol. The number of hydrogen-bond acceptors (Lipinski definition) is 4. The monoisotopic (exact) mass is 350 g/mol. The number of carbonyl (C=O) groups excluding carboxylic acids is 1. The van der Waals surface area contributed by atoms with Crippen molar-refractivity contribution in [2.24, 2.45) is 0 Å². The molecular weight excluding hydrogens is 336 g/mol. The molecule has 2 rings (SSSR count). The summed E-state index contributed by atoms with van der Waals surface area (Å²) in [7, 11) is 0. The molecule has 6 heteroatoms. The Hall–Kier alpha value is -1.84. The molecule has 5 nitrogen and oxygen atoms in total. The molecule has 110 valence electrons. The lowest BCUT2D eigenvalue weighted by molar-refractivity contribution is -0.117. The first-order chi connectivity index (χ1) is 10.1. The van der Waals surface area contributed by atoms with E-state index in [1.165, 1.54) is 12.1 Å². The van der Waals surface area contributed by atoms with Crippen LogP contribution >= 0.6 is 15.9 Å². The largest absolute Gasteiger partial charge is 0.507 e. The van der Waals surface area contributed by atoms with E-state index in [-0.39, 0.29) is 17.4 Å². The first-order valence-corrected chi connectivity index (χ1v) is 7.39. The van der Waals surface area contributed by atoms with Crippen LogP contribution in [0.4, 0.5) is 0 Å². The van der Waals surface area contributed by atoms with Gasteiger partial charge in [0.15, 0.2) is 0 Å². The molecule has 0 aromatic heterocycles. The fourth-order valence-corrected chi connectivity index (χ4v) is 2.43. The highest BCUT2D eigenvalue weighted by atomic mass is 79.9. The minimum absolute atomic E-state index is 0.0119. The number of phenolic OH excluding ortho intramolecular Hbond substituents is 1. The van der Waals surface area contributed by atoms with Crippen LogP contribution in [0.1, 0.15) is 18.4 Å². The molecule has 1 aliphatic rings. The lowest BCUT2D eigenvalue weighted by Gasteiger charge is -2.10. The SMILES string of the molecule is N#CC(=Cc1cc(Br)ccc1O)C(=O)NCC1CCCO1. The van der Waals surface area contributed by atoms with Gasteiger partial charge in [-0.25, -0.2) is 0 Å². The van der Waals surface area contributed by atoms with Crippen molar-refractivity contribution in [2.45, 2.75) is 18.9 Å². The maximum Gasteiger partial charge on any atom is 0.262 e. The Bertz CT molecular complexity index is 601. The van der Waals surface area contributed by atoms with Crippen LogP contribution in [0.2, 0.25) is 0 Å². The zero-order chi connectivity index (χ0) is 15.2. The standard InChI is InChI=1S/C15H15BrN2O3/c16-12-3-4-14(19)10(7-12)6-11(8-17)15(20)18-9-13-2-1-5-21-13/h3-4,6-7,13,19H,1-2,5,9H2,(H,18,20). The maximum atomic E-state index is 12.0. The fourth-order valence-electron chi connectivity index (χ4n) is 2.05. The number of carbonyl (C=O) groups is 1. The molecule has 0 aliphatic carbocycles. The molecule has 1 saturated heterocycles. The maximum absolute atomic E-state index is 12.0. The lowest BCUT2D eigenvalue weighted by atomic mass is 10.1. The third-order valence-corrected chi connectivity index (χ3v) is 3.66. The molecule has 0 radical (unpaired) electrons. The molecule has 2 N–H and O–H groups in total. The topological polar surface area (TPSA) is 82.3 Å². The molecule has 1 aromatic rings. The second kappa shape index (κ2) is 7.25. The van der Waals surface area contributed by atoms with Crippen molar-refractivity contribution >= 4 is 27.9 Å². The number of ether oxygens (including phenoxy) is 1. The zero-order valence-electron chi connectivity index (χ0n) is 11.3. The van der Waals surface area contributed by atoms with Gasteiger partial charge >= 0.3 is 0 Å². The second-order valence-corrected chi connectivity index (χ2v) is 5.63. The first-order valence-electron chi connectivity index (χ1n) is 6.60. The number of halogens is 1. The summed E-state index contributed by atoms with van der Waals surface area (Å²) in [6, 6.07) is 6.67. The molecule has 21 heavy (non-hydrogen) atoms. The highest BCUT2D eigenvalue weighted by Gasteiger charge is 2.17. The van der Waals surface area contributed by atoms with Crippen molar-refractivity contribution in [2.75, 3.05) is 13.2 Å². The van der Waals surface area contributed by atoms with Crippen molar-refractivity contribution in [1.82, 2.24) is 5.32 Å². The van der Waals surface area contributed by atoms with Gasteiger partial charge in [-0.3, -0.25) is 4.79 Å². The summed E-state index contributed by atoms with van der Waals surface area (Å²) in [4.78, 5) is 12.0. The lowest BCUT2D eigenvalue weighted by Crippen LogP contribution is -2.32. The summed E-state index contributed by atoms with van der Waals surface area (Å²) in [6.07, 6.45) is 3.30. The number of aromatic hydroxyl groups is 1. The summed E-state index contributed by atoms with van der Waals surface area (Å²) in [5.41, 5.74) is 0.356. The minimum atomic E-state index is -0.465. The van der Waals surface area contributed by atoms with Crippen LogP contribution < -0.4 is 5.32 Å². The summed E-state index contributed by atoms with van der Waals surface area (Å²) >= 11 is 3.28. The minimum Gasteiger partial charge on any atom is -0.507 e. The van der Waals surface area contributed by atoms with Gasteiger partial charge in [-0.1, -0.05) is 15.9 Å². The smallest absolute Gasteiger partial charge is 0.262 e. The van der Waals surface area contributed by atoms with Crippen LogP contribution in [0.5, 0.6) is 5.75 Å². The molecule has 0 bridgehead atoms. The van der Waals surface area contributed by atoms with Crippen LogP contribution in [-0.4, -0.2) is 30.3 Å². The molecule has 1 aliphatic heterocycles. The van der Waals surface area contributed by atoms with Crippen LogP contribution in [0.3, 0.4) is 0 Å². The quantitative estimate of drug-likeness (QED) is 0.645. The highest BCUT2D eigenvalue weighted by Crippen LogP contribution is 2.24. The average Bonchev–Trinajstić information content (AvgIpc) is 2.99. The molecule has 1 atom stereocenters. The van der Waals surface area contributed by atoms with Crippen molar-refractivity contribution < 1.29 is 14.6 Å². The van der Waals surface area contributed by atoms with Crippen molar-refractivity contribution in [3.05, 3.63) is 33.8 Å². The second-order valence-electron chi connectivity index (χ2n) is 4.72. The van der Waals surface area contributed by atoms with Crippen LogP contribution in [0, 0.1) is 11.3 Å². The van der Waals surface area contributed by atoms with Gasteiger partial charge < -0.3 is 15.2 Å². The summed E-state index contributed by atoms with van der Waals surface area (Å²) in [5, 5.41) is 21.5. The van der Waals surface area contributed by atoms with E-state index in [0.717, 1.165) is 17.3 Å². The van der Waals surface area contributed by atoms with Gasteiger partial charge in [-0.05, 0) is 37.1 Å². The summed E-state index contributed by atoms with van der Waals surface area (Å²) < 4.78 is 6.16. The number of nitrogens with zero attached hydrogens (tertiary/aromatic N) is 1. The zero-order valence-corrected chi connectivity index (χ0v) is 12.9. The Balaban J connectivity index is 2.07. The van der Waals surface area contributed by atoms with Gasteiger partial charge in [0.05, 0.1) is 6.10 Å². The van der Waals surface area contributed by atoms with Gasteiger partial charge in [0.2, 0.25) is 0 Å². The molecule has 1 unspecified atom stereocenters. The van der Waals surface area contributed by atoms with Crippen molar-refractivity contribution in [3.8, 4) is 11.8 Å². The fraction of sp³-hybridized carbons (Fsp3) is 0.333. The van der Waals surface area contributed by atoms with E-state index in [0.29, 0.717) is 18.7 Å². The predicted octanol–water partition coefficient (Wildman–Crippen LogP) is 2.36. The molecule has 1 amide bonds. The van der Waals surface area contributed by atoms with Crippen molar-refractivity contribution in [3.63, 3.8) is 0 Å². The van der Waals surface area contributed by atoms with E-state index < -0.39 is 5.91 Å². The number of nitrogens with one attached hydrogen (secondary N) is 1. The van der Waals surface area contributed by atoms with Gasteiger partial charge in [0.1, 0.15) is 17.4 Å². The number of hydrogen-bond donors (Lipinski definition) is 2. The molecule has 0 saturated carbocycles. The number of nitriles is 1. The van der Waals surface area contributed by atoms with Gasteiger partial charge in [0.25, 0.3) is 5.91 Å². The Kier molecular flexibility index (Phi) is 5.37. The summed E-state index contributed by atoms with van der Waals surface area (Å²) in [6.45, 7) is 1.11. The number of benzene rings is 1. The molecular formula is C15H15BrN2O3. The third-order valence-electron chi connectivity index (χ3n) is 3.17. The van der Waals surface area contributed by atoms with Crippen LogP contribution in [0.15, 0.2) is 28.2 Å². The van der Waals surface area contributed by atoms with Crippen LogP contribution in [-0.2, 0) is 9.53 Å². The van der Waals surface area contributed by atoms with Gasteiger partial charge in [-0.15, -0.1) is 0 Å². The predicted molar refractivity (Wildman–Crippen MR) is 81.4 cm³/mol. The summed E-state index contributed by atoms with van der Waals surface area (Å²) in [5.74, 6) is -0.453. The molecule has 0 spiro atoms. The van der Waals surface area contributed by atoms with E-state index in [2.05, 4.69) is 21.2 Å². The van der Waals surface area contributed by atoms with E-state index in [1.54, 1.807) is 12.1 Å². The van der Waals surface area contributed by atoms with E-state index in [9.17, 15) is 9.90 Å². The molecule has 1 aromatic carbocycles. The Morgan fingerprint density at radius 2 is 2.43 bits per heavy atom. The van der Waals surface area contributed by atoms with Gasteiger partial charge in [-0.2, -0.15) is 5.26 Å². The Morgan fingerprint density at radius 1 is 1.62 bits per heavy atom. The molecule has 1 fully saturated rings. The highest BCUT2D eigenvalue weighted by molar-refractivity contribution is 9.10. The van der Waals surface area contributed by atoms with E-state index in [4.69, 9.17) is 10.00 Å². The van der Waals surface area contributed by atoms with Gasteiger partial charge in [0, 0.05) is 23.2 Å². The number of phenols is 1. The Labute approximate surface area is 131 Å². The molecule has 1 heterocycles. The van der Waals surface area contributed by atoms with Crippen molar-refractivity contribution in [1.29, 1.82) is 5.26 Å². The first kappa shape index (κ1) is 15.5. The van der Waals surface area contributed by atoms with E-state index >= 15 is 0 Å². The normalized spacial score (nSPS) is 18.3. The number of amides is 1. The third kappa shape index (κ3) is 4.31. The number of rotatable bonds is 4.